The Kier molecular flexibility index (Phi) is 7.40. The largest absolute Gasteiger partial charge is 0.465 e. The minimum Gasteiger partial charge on any atom is -0.465 e. The molecule has 140 valence electrons. The Bertz CT molecular complexity index is 650. The molecule has 1 aliphatic heterocycles. The molecule has 6 nitrogen and oxygen atoms in total. The summed E-state index contributed by atoms with van der Waals surface area (Å²) in [5.41, 5.74) is 1.05. The molecule has 0 unspecified atom stereocenters. The molecule has 0 atom stereocenters. The van der Waals surface area contributed by atoms with E-state index in [0.29, 0.717) is 17.7 Å². The topological polar surface area (TPSA) is 75.7 Å². The van der Waals surface area contributed by atoms with Crippen molar-refractivity contribution in [3.05, 3.63) is 35.4 Å². The maximum Gasteiger partial charge on any atom is 0.337 e. The van der Waals surface area contributed by atoms with Gasteiger partial charge in [0.15, 0.2) is 0 Å². The summed E-state index contributed by atoms with van der Waals surface area (Å²) in [4.78, 5) is 13.8. The van der Waals surface area contributed by atoms with Gasteiger partial charge in [0.05, 0.1) is 18.4 Å². The SMILES string of the molecule is COC(=O)c1ccc(CS(=O)(=O)NCCCN2CCC(C)CC2)cc1. The average Bonchev–Trinajstić information content (AvgIpc) is 2.60. The van der Waals surface area contributed by atoms with Crippen molar-refractivity contribution in [3.63, 3.8) is 0 Å². The van der Waals surface area contributed by atoms with Crippen LogP contribution >= 0.6 is 0 Å². The number of carbonyl (C=O) groups excluding carboxylic acids is 1. The fourth-order valence-electron chi connectivity index (χ4n) is 2.94. The molecule has 25 heavy (non-hydrogen) atoms. The van der Waals surface area contributed by atoms with Gasteiger partial charge < -0.3 is 9.64 Å². The molecule has 0 saturated carbocycles. The van der Waals surface area contributed by atoms with Crippen LogP contribution in [0.15, 0.2) is 24.3 Å². The second kappa shape index (κ2) is 9.31. The number of benzene rings is 1. The summed E-state index contributed by atoms with van der Waals surface area (Å²) in [5.74, 6) is 0.287. The van der Waals surface area contributed by atoms with Gasteiger partial charge in [-0.05, 0) is 62.5 Å². The quantitative estimate of drug-likeness (QED) is 0.561. The second-order valence-corrected chi connectivity index (χ2v) is 8.53. The van der Waals surface area contributed by atoms with Gasteiger partial charge in [0.1, 0.15) is 0 Å². The van der Waals surface area contributed by atoms with Crippen molar-refractivity contribution < 1.29 is 17.9 Å². The lowest BCUT2D eigenvalue weighted by Crippen LogP contribution is -2.35. The molecule has 7 heteroatoms. The number of carbonyl (C=O) groups is 1. The highest BCUT2D eigenvalue weighted by atomic mass is 32.2. The second-order valence-electron chi connectivity index (χ2n) is 6.72. The Labute approximate surface area is 150 Å². The Morgan fingerprint density at radius 3 is 2.48 bits per heavy atom. The van der Waals surface area contributed by atoms with Gasteiger partial charge >= 0.3 is 5.97 Å². The first-order valence-electron chi connectivity index (χ1n) is 8.76. The number of ether oxygens (including phenoxy) is 1. The van der Waals surface area contributed by atoms with Crippen molar-refractivity contribution in [2.45, 2.75) is 31.9 Å². The summed E-state index contributed by atoms with van der Waals surface area (Å²) in [6.45, 7) is 5.89. The number of esters is 1. The highest BCUT2D eigenvalue weighted by Gasteiger charge is 2.16. The lowest BCUT2D eigenvalue weighted by molar-refractivity contribution is 0.0600. The van der Waals surface area contributed by atoms with Crippen LogP contribution in [0.5, 0.6) is 0 Å². The molecule has 1 heterocycles. The number of piperidine rings is 1. The molecule has 1 aromatic carbocycles. The van der Waals surface area contributed by atoms with Gasteiger partial charge in [-0.15, -0.1) is 0 Å². The van der Waals surface area contributed by atoms with E-state index in [0.717, 1.165) is 32.0 Å². The summed E-state index contributed by atoms with van der Waals surface area (Å²) in [6, 6.07) is 6.43. The zero-order chi connectivity index (χ0) is 18.3. The van der Waals surface area contributed by atoms with Crippen LogP contribution in [-0.4, -0.2) is 52.6 Å². The smallest absolute Gasteiger partial charge is 0.337 e. The molecular weight excluding hydrogens is 340 g/mol. The molecule has 1 N–H and O–H groups in total. The van der Waals surface area contributed by atoms with Crippen molar-refractivity contribution in [3.8, 4) is 0 Å². The van der Waals surface area contributed by atoms with E-state index in [9.17, 15) is 13.2 Å². The first-order valence-corrected chi connectivity index (χ1v) is 10.4. The van der Waals surface area contributed by atoms with Crippen LogP contribution in [0, 0.1) is 5.92 Å². The molecule has 0 aromatic heterocycles. The van der Waals surface area contributed by atoms with Gasteiger partial charge in [0, 0.05) is 6.54 Å². The number of nitrogens with one attached hydrogen (secondary N) is 1. The van der Waals surface area contributed by atoms with Crippen LogP contribution in [0.1, 0.15) is 42.1 Å². The highest BCUT2D eigenvalue weighted by Crippen LogP contribution is 2.15. The summed E-state index contributed by atoms with van der Waals surface area (Å²) >= 11 is 0. The molecule has 1 aliphatic rings. The third-order valence-electron chi connectivity index (χ3n) is 4.58. The molecule has 2 rings (SSSR count). The summed E-state index contributed by atoms with van der Waals surface area (Å²) in [7, 11) is -2.06. The molecule has 0 bridgehead atoms. The van der Waals surface area contributed by atoms with Crippen molar-refractivity contribution in [2.75, 3.05) is 33.3 Å². The predicted octanol–water partition coefficient (Wildman–Crippen LogP) is 2.01. The van der Waals surface area contributed by atoms with Crippen LogP contribution in [0.4, 0.5) is 0 Å². The molecule has 0 radical (unpaired) electrons. The van der Waals surface area contributed by atoms with Crippen LogP contribution in [0.2, 0.25) is 0 Å². The predicted molar refractivity (Wildman–Crippen MR) is 97.9 cm³/mol. The van der Waals surface area contributed by atoms with Crippen molar-refractivity contribution >= 4 is 16.0 Å². The van der Waals surface area contributed by atoms with E-state index in [2.05, 4.69) is 21.3 Å². The Morgan fingerprint density at radius 1 is 1.24 bits per heavy atom. The lowest BCUT2D eigenvalue weighted by atomic mass is 9.99. The fourth-order valence-corrected chi connectivity index (χ4v) is 4.13. The van der Waals surface area contributed by atoms with E-state index in [-0.39, 0.29) is 5.75 Å². The zero-order valence-electron chi connectivity index (χ0n) is 15.0. The fraction of sp³-hybridized carbons (Fsp3) is 0.611. The standard InChI is InChI=1S/C18H28N2O4S/c1-15-8-12-20(13-9-15)11-3-10-19-25(22,23)14-16-4-6-17(7-5-16)18(21)24-2/h4-7,15,19H,3,8-14H2,1-2H3. The van der Waals surface area contributed by atoms with E-state index in [1.807, 2.05) is 0 Å². The zero-order valence-corrected chi connectivity index (χ0v) is 15.8. The van der Waals surface area contributed by atoms with E-state index in [1.165, 1.54) is 20.0 Å². The Balaban J connectivity index is 1.73. The van der Waals surface area contributed by atoms with E-state index >= 15 is 0 Å². The van der Waals surface area contributed by atoms with Crippen LogP contribution in [-0.2, 0) is 20.5 Å². The Morgan fingerprint density at radius 2 is 1.88 bits per heavy atom. The van der Waals surface area contributed by atoms with Crippen molar-refractivity contribution in [1.29, 1.82) is 0 Å². The van der Waals surface area contributed by atoms with E-state index < -0.39 is 16.0 Å². The Hall–Kier alpha value is -1.44. The number of rotatable bonds is 8. The minimum atomic E-state index is -3.37. The highest BCUT2D eigenvalue weighted by molar-refractivity contribution is 7.88. The van der Waals surface area contributed by atoms with Crippen molar-refractivity contribution in [2.24, 2.45) is 5.92 Å². The third-order valence-corrected chi connectivity index (χ3v) is 5.94. The number of nitrogens with zero attached hydrogens (tertiary/aromatic N) is 1. The maximum absolute atomic E-state index is 12.2. The lowest BCUT2D eigenvalue weighted by Gasteiger charge is -2.30. The van der Waals surface area contributed by atoms with Gasteiger partial charge in [0.25, 0.3) is 0 Å². The summed E-state index contributed by atoms with van der Waals surface area (Å²) in [5, 5.41) is 0. The first-order chi connectivity index (χ1) is 11.9. The van der Waals surface area contributed by atoms with Gasteiger partial charge in [-0.3, -0.25) is 0 Å². The molecule has 0 spiro atoms. The average molecular weight is 368 g/mol. The summed E-state index contributed by atoms with van der Waals surface area (Å²) < 4.78 is 31.6. The molecule has 1 saturated heterocycles. The normalized spacial score (nSPS) is 16.7. The molecule has 1 fully saturated rings. The third kappa shape index (κ3) is 6.76. The van der Waals surface area contributed by atoms with E-state index in [4.69, 9.17) is 0 Å². The molecule has 0 amide bonds. The first kappa shape index (κ1) is 19.9. The van der Waals surface area contributed by atoms with Crippen molar-refractivity contribution in [1.82, 2.24) is 9.62 Å². The number of likely N-dealkylation sites (tertiary alicyclic amines) is 1. The molecular formula is C18H28N2O4S. The van der Waals surface area contributed by atoms with Crippen LogP contribution in [0.25, 0.3) is 0 Å². The maximum atomic E-state index is 12.2. The van der Waals surface area contributed by atoms with Gasteiger partial charge in [-0.2, -0.15) is 0 Å². The van der Waals surface area contributed by atoms with E-state index in [1.54, 1.807) is 24.3 Å². The number of sulfonamides is 1. The number of hydrogen-bond donors (Lipinski definition) is 1. The van der Waals surface area contributed by atoms with Crippen LogP contribution < -0.4 is 4.72 Å². The van der Waals surface area contributed by atoms with Crippen LogP contribution in [0.3, 0.4) is 0 Å². The monoisotopic (exact) mass is 368 g/mol. The summed E-state index contributed by atoms with van der Waals surface area (Å²) in [6.07, 6.45) is 3.27. The minimum absolute atomic E-state index is 0.0876. The molecule has 0 aliphatic carbocycles. The van der Waals surface area contributed by atoms with Gasteiger partial charge in [0.2, 0.25) is 10.0 Å². The number of methoxy groups -OCH3 is 1. The van der Waals surface area contributed by atoms with Gasteiger partial charge in [-0.25, -0.2) is 17.9 Å². The van der Waals surface area contributed by atoms with Gasteiger partial charge in [-0.1, -0.05) is 19.1 Å². The number of hydrogen-bond acceptors (Lipinski definition) is 5. The molecule has 1 aromatic rings.